The first-order valence-electron chi connectivity index (χ1n) is 9.22. The average molecular weight is 357 g/mol. The van der Waals surface area contributed by atoms with Crippen LogP contribution in [0.3, 0.4) is 0 Å². The maximum Gasteiger partial charge on any atom is 0.110 e. The van der Waals surface area contributed by atoms with Gasteiger partial charge in [0.05, 0.1) is 5.69 Å². The number of benzene rings is 2. The lowest BCUT2D eigenvalue weighted by atomic mass is 10.2. The first-order valence-corrected chi connectivity index (χ1v) is 9.22. The standard InChI is InChI=1S/C22H23N5/c1-2-5-20(6-3-1)18-26-16-14-24-22(26)11-13-23-17-19-7-9-21(10-8-19)27-15-4-12-25-27/h1-10,12,14-16,23H,11,13,17-18H2. The van der Waals surface area contributed by atoms with Gasteiger partial charge in [-0.1, -0.05) is 42.5 Å². The van der Waals surface area contributed by atoms with Crippen LogP contribution in [0.25, 0.3) is 5.69 Å². The number of nitrogens with zero attached hydrogens (tertiary/aromatic N) is 4. The number of aromatic nitrogens is 4. The van der Waals surface area contributed by atoms with Crippen LogP contribution in [-0.2, 0) is 19.5 Å². The van der Waals surface area contributed by atoms with Crippen LogP contribution >= 0.6 is 0 Å². The van der Waals surface area contributed by atoms with Crippen molar-refractivity contribution in [2.24, 2.45) is 0 Å². The van der Waals surface area contributed by atoms with E-state index in [0.29, 0.717) is 0 Å². The Balaban J connectivity index is 1.26. The van der Waals surface area contributed by atoms with Gasteiger partial charge in [0.15, 0.2) is 0 Å². The number of rotatable bonds is 8. The summed E-state index contributed by atoms with van der Waals surface area (Å²) < 4.78 is 4.08. The van der Waals surface area contributed by atoms with Crippen LogP contribution in [0.5, 0.6) is 0 Å². The third-order valence-corrected chi connectivity index (χ3v) is 4.56. The molecule has 136 valence electrons. The maximum absolute atomic E-state index is 4.51. The molecule has 4 aromatic rings. The molecule has 5 heteroatoms. The SMILES string of the molecule is c1ccc(Cn2ccnc2CCNCc2ccc(-n3cccn3)cc2)cc1. The molecule has 0 aliphatic heterocycles. The van der Waals surface area contributed by atoms with Crippen molar-refractivity contribution in [3.05, 3.63) is 102 Å². The Hall–Kier alpha value is -3.18. The van der Waals surface area contributed by atoms with Gasteiger partial charge in [-0.3, -0.25) is 0 Å². The molecule has 0 bridgehead atoms. The van der Waals surface area contributed by atoms with Crippen LogP contribution < -0.4 is 5.32 Å². The van der Waals surface area contributed by atoms with Gasteiger partial charge < -0.3 is 9.88 Å². The summed E-state index contributed by atoms with van der Waals surface area (Å²) in [6.45, 7) is 2.61. The van der Waals surface area contributed by atoms with E-state index in [1.807, 2.05) is 29.2 Å². The number of nitrogens with one attached hydrogen (secondary N) is 1. The molecule has 0 saturated carbocycles. The van der Waals surface area contributed by atoms with Crippen molar-refractivity contribution >= 4 is 0 Å². The van der Waals surface area contributed by atoms with Gasteiger partial charge >= 0.3 is 0 Å². The molecular weight excluding hydrogens is 334 g/mol. The lowest BCUT2D eigenvalue weighted by Gasteiger charge is -2.09. The molecule has 2 aromatic carbocycles. The van der Waals surface area contributed by atoms with Crippen molar-refractivity contribution in [2.45, 2.75) is 19.5 Å². The van der Waals surface area contributed by atoms with Gasteiger partial charge in [0, 0.05) is 50.8 Å². The maximum atomic E-state index is 4.51. The second kappa shape index (κ2) is 8.47. The third kappa shape index (κ3) is 4.51. The van der Waals surface area contributed by atoms with Crippen LogP contribution in [0.2, 0.25) is 0 Å². The topological polar surface area (TPSA) is 47.7 Å². The minimum atomic E-state index is 0.846. The molecule has 1 N–H and O–H groups in total. The molecule has 0 aliphatic rings. The van der Waals surface area contributed by atoms with Crippen LogP contribution in [0.1, 0.15) is 17.0 Å². The molecule has 0 spiro atoms. The van der Waals surface area contributed by atoms with Crippen LogP contribution in [0.15, 0.2) is 85.5 Å². The summed E-state index contributed by atoms with van der Waals surface area (Å²) in [5, 5.41) is 7.76. The highest BCUT2D eigenvalue weighted by atomic mass is 15.3. The largest absolute Gasteiger partial charge is 0.330 e. The van der Waals surface area contributed by atoms with Crippen LogP contribution in [-0.4, -0.2) is 25.9 Å². The van der Waals surface area contributed by atoms with E-state index in [-0.39, 0.29) is 0 Å². The molecule has 0 unspecified atom stereocenters. The summed E-state index contributed by atoms with van der Waals surface area (Å²) >= 11 is 0. The normalized spacial score (nSPS) is 11.0. The second-order valence-corrected chi connectivity index (χ2v) is 6.50. The highest BCUT2D eigenvalue weighted by Gasteiger charge is 2.04. The summed E-state index contributed by atoms with van der Waals surface area (Å²) in [4.78, 5) is 4.51. The Kier molecular flexibility index (Phi) is 5.41. The number of imidazole rings is 1. The van der Waals surface area contributed by atoms with E-state index in [4.69, 9.17) is 0 Å². The van der Waals surface area contributed by atoms with E-state index in [0.717, 1.165) is 37.6 Å². The van der Waals surface area contributed by atoms with E-state index >= 15 is 0 Å². The van der Waals surface area contributed by atoms with E-state index in [2.05, 4.69) is 74.7 Å². The minimum absolute atomic E-state index is 0.846. The molecule has 0 atom stereocenters. The number of hydrogen-bond donors (Lipinski definition) is 1. The van der Waals surface area contributed by atoms with Gasteiger partial charge in [0.25, 0.3) is 0 Å². The Bertz CT molecular complexity index is 940. The molecule has 0 radical (unpaired) electrons. The molecule has 0 fully saturated rings. The Morgan fingerprint density at radius 3 is 2.44 bits per heavy atom. The zero-order valence-corrected chi connectivity index (χ0v) is 15.2. The van der Waals surface area contributed by atoms with Gasteiger partial charge in [-0.25, -0.2) is 9.67 Å². The van der Waals surface area contributed by atoms with Crippen LogP contribution in [0.4, 0.5) is 0 Å². The van der Waals surface area contributed by atoms with Gasteiger partial charge in [-0.2, -0.15) is 5.10 Å². The van der Waals surface area contributed by atoms with E-state index in [1.165, 1.54) is 11.1 Å². The Morgan fingerprint density at radius 1 is 0.815 bits per heavy atom. The summed E-state index contributed by atoms with van der Waals surface area (Å²) in [5.74, 6) is 1.11. The fourth-order valence-electron chi connectivity index (χ4n) is 3.11. The van der Waals surface area contributed by atoms with Gasteiger partial charge in [0.1, 0.15) is 5.82 Å². The smallest absolute Gasteiger partial charge is 0.110 e. The molecule has 2 heterocycles. The molecular formula is C22H23N5. The monoisotopic (exact) mass is 357 g/mol. The van der Waals surface area contributed by atoms with Crippen molar-refractivity contribution in [3.8, 4) is 5.69 Å². The molecule has 27 heavy (non-hydrogen) atoms. The fraction of sp³-hybridized carbons (Fsp3) is 0.182. The molecule has 2 aromatic heterocycles. The molecule has 4 rings (SSSR count). The van der Waals surface area contributed by atoms with E-state index in [9.17, 15) is 0 Å². The zero-order chi connectivity index (χ0) is 18.3. The first-order chi connectivity index (χ1) is 13.4. The van der Waals surface area contributed by atoms with Crippen molar-refractivity contribution in [2.75, 3.05) is 6.54 Å². The summed E-state index contributed by atoms with van der Waals surface area (Å²) in [7, 11) is 0. The lowest BCUT2D eigenvalue weighted by molar-refractivity contribution is 0.641. The summed E-state index contributed by atoms with van der Waals surface area (Å²) in [6.07, 6.45) is 8.58. The predicted octanol–water partition coefficient (Wildman–Crippen LogP) is 3.45. The second-order valence-electron chi connectivity index (χ2n) is 6.50. The molecule has 5 nitrogen and oxygen atoms in total. The fourth-order valence-corrected chi connectivity index (χ4v) is 3.11. The molecule has 0 aliphatic carbocycles. The average Bonchev–Trinajstić information content (AvgIpc) is 3.39. The molecule has 0 amide bonds. The Morgan fingerprint density at radius 2 is 1.67 bits per heavy atom. The first kappa shape index (κ1) is 17.2. The van der Waals surface area contributed by atoms with E-state index in [1.54, 1.807) is 6.20 Å². The van der Waals surface area contributed by atoms with Crippen LogP contribution in [0, 0.1) is 0 Å². The Labute approximate surface area is 159 Å². The zero-order valence-electron chi connectivity index (χ0n) is 15.2. The highest BCUT2D eigenvalue weighted by molar-refractivity contribution is 5.33. The predicted molar refractivity (Wildman–Crippen MR) is 107 cm³/mol. The van der Waals surface area contributed by atoms with E-state index < -0.39 is 0 Å². The van der Waals surface area contributed by atoms with Gasteiger partial charge in [0.2, 0.25) is 0 Å². The van der Waals surface area contributed by atoms with Crippen molar-refractivity contribution in [1.82, 2.24) is 24.6 Å². The quantitative estimate of drug-likeness (QED) is 0.491. The van der Waals surface area contributed by atoms with Gasteiger partial charge in [-0.05, 0) is 29.3 Å². The van der Waals surface area contributed by atoms with Crippen molar-refractivity contribution in [1.29, 1.82) is 0 Å². The summed E-state index contributed by atoms with van der Waals surface area (Å²) in [5.41, 5.74) is 3.63. The third-order valence-electron chi connectivity index (χ3n) is 4.56. The number of hydrogen-bond acceptors (Lipinski definition) is 3. The molecule has 0 saturated heterocycles. The highest BCUT2D eigenvalue weighted by Crippen LogP contribution is 2.09. The minimum Gasteiger partial charge on any atom is -0.330 e. The van der Waals surface area contributed by atoms with Gasteiger partial charge in [-0.15, -0.1) is 0 Å². The summed E-state index contributed by atoms with van der Waals surface area (Å²) in [6, 6.07) is 20.9. The lowest BCUT2D eigenvalue weighted by Crippen LogP contribution is -2.18. The van der Waals surface area contributed by atoms with Crippen molar-refractivity contribution in [3.63, 3.8) is 0 Å². The van der Waals surface area contributed by atoms with Crippen molar-refractivity contribution < 1.29 is 0 Å².